The Labute approximate surface area is 203 Å². The van der Waals surface area contributed by atoms with Crippen LogP contribution in [-0.4, -0.2) is 36.2 Å². The second kappa shape index (κ2) is 10.1. The number of piperazine rings is 1. The van der Waals surface area contributed by atoms with E-state index in [1.165, 1.54) is 0 Å². The third-order valence-electron chi connectivity index (χ3n) is 5.91. The van der Waals surface area contributed by atoms with Gasteiger partial charge in [-0.2, -0.15) is 0 Å². The van der Waals surface area contributed by atoms with Crippen LogP contribution in [0.4, 0.5) is 11.4 Å². The van der Waals surface area contributed by atoms with E-state index in [4.69, 9.17) is 41.4 Å². The first-order valence-electron chi connectivity index (χ1n) is 10.3. The van der Waals surface area contributed by atoms with Gasteiger partial charge in [0.1, 0.15) is 0 Å². The summed E-state index contributed by atoms with van der Waals surface area (Å²) in [6.07, 6.45) is 0. The second-order valence-corrected chi connectivity index (χ2v) is 9.03. The molecule has 0 amide bonds. The maximum atomic E-state index is 10.2. The molecule has 0 aromatic heterocycles. The fraction of sp³-hybridized carbons (Fsp3) is 0.240. The highest BCUT2D eigenvalue weighted by molar-refractivity contribution is 6.36. The Balaban J connectivity index is 1.67. The van der Waals surface area contributed by atoms with Gasteiger partial charge in [0.05, 0.1) is 36.0 Å². The predicted octanol–water partition coefficient (Wildman–Crippen LogP) is 6.79. The van der Waals surface area contributed by atoms with Crippen molar-refractivity contribution in [2.75, 3.05) is 31.1 Å². The van der Waals surface area contributed by atoms with Crippen LogP contribution < -0.4 is 4.90 Å². The Hall–Kier alpha value is -2.26. The molecule has 1 aliphatic rings. The van der Waals surface area contributed by atoms with Gasteiger partial charge in [-0.1, -0.05) is 71.2 Å². The molecular weight excluding hydrogens is 465 g/mol. The van der Waals surface area contributed by atoms with Crippen molar-refractivity contribution in [3.63, 3.8) is 0 Å². The molecule has 32 heavy (non-hydrogen) atoms. The van der Waals surface area contributed by atoms with Crippen molar-refractivity contribution in [1.29, 1.82) is 0 Å². The Bertz CT molecular complexity index is 1110. The molecule has 0 radical (unpaired) electrons. The Morgan fingerprint density at radius 1 is 0.938 bits per heavy atom. The first-order chi connectivity index (χ1) is 15.5. The van der Waals surface area contributed by atoms with Crippen LogP contribution >= 0.6 is 34.8 Å². The minimum atomic E-state index is -0.160. The van der Waals surface area contributed by atoms with E-state index in [2.05, 4.69) is 14.6 Å². The lowest BCUT2D eigenvalue weighted by Crippen LogP contribution is -2.50. The maximum Gasteiger partial charge on any atom is 0.187 e. The van der Waals surface area contributed by atoms with Crippen LogP contribution in [0.2, 0.25) is 15.1 Å². The number of aliphatic hydroxyl groups is 1. The molecule has 164 valence electrons. The summed E-state index contributed by atoms with van der Waals surface area (Å²) >= 11 is 18.8. The molecule has 1 fully saturated rings. The normalized spacial score (nSPS) is 17.7. The van der Waals surface area contributed by atoms with E-state index in [1.54, 1.807) is 18.2 Å². The van der Waals surface area contributed by atoms with E-state index in [0.29, 0.717) is 27.3 Å². The predicted molar refractivity (Wildman–Crippen MR) is 132 cm³/mol. The van der Waals surface area contributed by atoms with Crippen molar-refractivity contribution < 1.29 is 5.11 Å². The summed E-state index contributed by atoms with van der Waals surface area (Å²) in [4.78, 5) is 8.03. The van der Waals surface area contributed by atoms with Gasteiger partial charge in [-0.05, 0) is 41.5 Å². The van der Waals surface area contributed by atoms with E-state index in [9.17, 15) is 5.11 Å². The lowest BCUT2D eigenvalue weighted by atomic mass is 9.98. The van der Waals surface area contributed by atoms with Crippen molar-refractivity contribution >= 4 is 46.2 Å². The van der Waals surface area contributed by atoms with Gasteiger partial charge in [0, 0.05) is 29.7 Å². The molecule has 0 saturated carbocycles. The van der Waals surface area contributed by atoms with E-state index >= 15 is 0 Å². The summed E-state index contributed by atoms with van der Waals surface area (Å²) in [5.41, 5.74) is 3.63. The topological polar surface area (TPSA) is 31.1 Å². The van der Waals surface area contributed by atoms with Crippen LogP contribution in [0.3, 0.4) is 0 Å². The summed E-state index contributed by atoms with van der Waals surface area (Å²) in [6, 6.07) is 20.7. The minimum Gasteiger partial charge on any atom is -0.394 e. The number of anilines is 1. The number of hydrogen-bond donors (Lipinski definition) is 1. The number of rotatable bonds is 5. The molecule has 2 atom stereocenters. The summed E-state index contributed by atoms with van der Waals surface area (Å²) in [7, 11) is 0. The molecule has 1 N–H and O–H groups in total. The number of halogens is 3. The standard InChI is InChI=1S/C25H22Cl3N3O/c1-29-21-9-4-18(5-10-21)25(16-32)30-12-13-31(23-11-8-20(27)14-22(23)28)24(15-30)17-2-6-19(26)7-3-17/h2-11,14,24-25,32H,12-13,15-16H2/t24-,25+/m0/s1. The molecule has 3 aromatic rings. The molecular formula is C25H22Cl3N3O. The van der Waals surface area contributed by atoms with Crippen LogP contribution in [0, 0.1) is 6.57 Å². The van der Waals surface area contributed by atoms with Crippen molar-refractivity contribution in [2.45, 2.75) is 12.1 Å². The first kappa shape index (κ1) is 22.9. The third-order valence-corrected chi connectivity index (χ3v) is 6.70. The highest BCUT2D eigenvalue weighted by Gasteiger charge is 2.33. The summed E-state index contributed by atoms with van der Waals surface area (Å²) in [5.74, 6) is 0. The summed E-state index contributed by atoms with van der Waals surface area (Å²) in [6.45, 7) is 9.32. The third kappa shape index (κ3) is 4.88. The van der Waals surface area contributed by atoms with Gasteiger partial charge in [0.2, 0.25) is 0 Å². The van der Waals surface area contributed by atoms with Crippen molar-refractivity contribution in [3.8, 4) is 0 Å². The zero-order valence-electron chi connectivity index (χ0n) is 17.3. The van der Waals surface area contributed by atoms with Gasteiger partial charge in [-0.3, -0.25) is 4.90 Å². The van der Waals surface area contributed by atoms with Crippen molar-refractivity contribution in [2.24, 2.45) is 0 Å². The van der Waals surface area contributed by atoms with Gasteiger partial charge in [0.15, 0.2) is 5.69 Å². The molecule has 1 saturated heterocycles. The van der Waals surface area contributed by atoms with Crippen LogP contribution in [0.15, 0.2) is 66.7 Å². The van der Waals surface area contributed by atoms with E-state index in [0.717, 1.165) is 29.9 Å². The summed E-state index contributed by atoms with van der Waals surface area (Å²) < 4.78 is 0. The Morgan fingerprint density at radius 3 is 2.25 bits per heavy atom. The lowest BCUT2D eigenvalue weighted by Gasteiger charge is -2.46. The average molecular weight is 487 g/mol. The molecule has 0 unspecified atom stereocenters. The number of aliphatic hydroxyl groups excluding tert-OH is 1. The molecule has 4 rings (SSSR count). The smallest absolute Gasteiger partial charge is 0.187 e. The van der Waals surface area contributed by atoms with Gasteiger partial charge < -0.3 is 10.0 Å². The molecule has 1 aliphatic heterocycles. The quantitative estimate of drug-likeness (QED) is 0.403. The molecule has 0 spiro atoms. The van der Waals surface area contributed by atoms with Gasteiger partial charge >= 0.3 is 0 Å². The van der Waals surface area contributed by atoms with Crippen LogP contribution in [0.5, 0.6) is 0 Å². The monoisotopic (exact) mass is 485 g/mol. The Kier molecular flexibility index (Phi) is 7.25. The zero-order chi connectivity index (χ0) is 22.7. The van der Waals surface area contributed by atoms with Crippen LogP contribution in [-0.2, 0) is 0 Å². The average Bonchev–Trinajstić information content (AvgIpc) is 2.81. The molecule has 7 heteroatoms. The fourth-order valence-corrected chi connectivity index (χ4v) is 4.91. The highest BCUT2D eigenvalue weighted by atomic mass is 35.5. The molecule has 4 nitrogen and oxygen atoms in total. The van der Waals surface area contributed by atoms with Crippen LogP contribution in [0.25, 0.3) is 4.85 Å². The molecule has 0 aliphatic carbocycles. The van der Waals surface area contributed by atoms with Gasteiger partial charge in [0.25, 0.3) is 0 Å². The van der Waals surface area contributed by atoms with Crippen LogP contribution in [0.1, 0.15) is 23.2 Å². The lowest BCUT2D eigenvalue weighted by molar-refractivity contribution is 0.103. The van der Waals surface area contributed by atoms with Crippen molar-refractivity contribution in [1.82, 2.24) is 4.90 Å². The van der Waals surface area contributed by atoms with Crippen molar-refractivity contribution in [3.05, 3.63) is 104 Å². The number of benzene rings is 3. The molecule has 3 aromatic carbocycles. The fourth-order valence-electron chi connectivity index (χ4n) is 4.26. The molecule has 1 heterocycles. The first-order valence-corrected chi connectivity index (χ1v) is 11.4. The number of hydrogen-bond acceptors (Lipinski definition) is 3. The van der Waals surface area contributed by atoms with Gasteiger partial charge in [-0.15, -0.1) is 0 Å². The SMILES string of the molecule is [C-]#[N+]c1ccc([C@@H](CO)N2CCN(c3ccc(Cl)cc3Cl)[C@H](c3ccc(Cl)cc3)C2)cc1. The minimum absolute atomic E-state index is 0.00754. The van der Waals surface area contributed by atoms with Gasteiger partial charge in [-0.25, -0.2) is 4.85 Å². The largest absolute Gasteiger partial charge is 0.394 e. The zero-order valence-corrected chi connectivity index (χ0v) is 19.5. The second-order valence-electron chi connectivity index (χ2n) is 7.75. The van der Waals surface area contributed by atoms with E-state index in [-0.39, 0.29) is 18.7 Å². The Morgan fingerprint density at radius 2 is 1.62 bits per heavy atom. The number of nitrogens with zero attached hydrogens (tertiary/aromatic N) is 3. The van der Waals surface area contributed by atoms with E-state index < -0.39 is 0 Å². The maximum absolute atomic E-state index is 10.2. The van der Waals surface area contributed by atoms with E-state index in [1.807, 2.05) is 48.5 Å². The highest BCUT2D eigenvalue weighted by Crippen LogP contribution is 2.38. The molecule has 0 bridgehead atoms. The summed E-state index contributed by atoms with van der Waals surface area (Å²) in [5, 5.41) is 12.1.